The van der Waals surface area contributed by atoms with Crippen molar-refractivity contribution in [2.75, 3.05) is 16.8 Å². The molecule has 0 spiro atoms. The van der Waals surface area contributed by atoms with Crippen molar-refractivity contribution in [3.8, 4) is 0 Å². The second-order valence-corrected chi connectivity index (χ2v) is 7.75. The van der Waals surface area contributed by atoms with E-state index in [4.69, 9.17) is 0 Å². The molecular formula is C24H24N4O3. The Balaban J connectivity index is 1.59. The van der Waals surface area contributed by atoms with Crippen molar-refractivity contribution in [2.24, 2.45) is 0 Å². The molecule has 2 heterocycles. The van der Waals surface area contributed by atoms with Crippen LogP contribution in [0.25, 0.3) is 0 Å². The van der Waals surface area contributed by atoms with Crippen molar-refractivity contribution in [1.29, 1.82) is 0 Å². The molecule has 7 nitrogen and oxygen atoms in total. The summed E-state index contributed by atoms with van der Waals surface area (Å²) in [6, 6.07) is 16.4. The van der Waals surface area contributed by atoms with Crippen LogP contribution >= 0.6 is 0 Å². The number of nitrogens with zero attached hydrogens (tertiary/aromatic N) is 3. The summed E-state index contributed by atoms with van der Waals surface area (Å²) in [5.74, 6) is 0.0574. The summed E-state index contributed by atoms with van der Waals surface area (Å²) >= 11 is 0. The van der Waals surface area contributed by atoms with Crippen LogP contribution < -0.4 is 15.8 Å². The van der Waals surface area contributed by atoms with E-state index in [0.29, 0.717) is 29.4 Å². The molecule has 4 rings (SSSR count). The summed E-state index contributed by atoms with van der Waals surface area (Å²) < 4.78 is 1.41. The highest BCUT2D eigenvalue weighted by molar-refractivity contribution is 5.97. The van der Waals surface area contributed by atoms with Crippen molar-refractivity contribution in [2.45, 2.75) is 33.4 Å². The number of amides is 1. The first-order valence-electron chi connectivity index (χ1n) is 10.2. The maximum atomic E-state index is 12.8. The Bertz CT molecular complexity index is 1220. The van der Waals surface area contributed by atoms with Gasteiger partial charge in [-0.1, -0.05) is 36.4 Å². The fraction of sp³-hybridized carbons (Fsp3) is 0.250. The SMILES string of the molecule is CC(=O)c1cccc(NC(=O)Cn2c(N3CCc4ccccc4C3)nc(C)cc2=O)c1. The highest BCUT2D eigenvalue weighted by Crippen LogP contribution is 2.23. The first-order valence-corrected chi connectivity index (χ1v) is 10.2. The highest BCUT2D eigenvalue weighted by atomic mass is 16.2. The Hall–Kier alpha value is -3.74. The lowest BCUT2D eigenvalue weighted by molar-refractivity contribution is -0.116. The molecule has 0 bridgehead atoms. The fourth-order valence-electron chi connectivity index (χ4n) is 3.82. The number of carbonyl (C=O) groups is 2. The van der Waals surface area contributed by atoms with E-state index in [9.17, 15) is 14.4 Å². The van der Waals surface area contributed by atoms with Crippen molar-refractivity contribution >= 4 is 23.3 Å². The summed E-state index contributed by atoms with van der Waals surface area (Å²) in [6.07, 6.45) is 0.851. The standard InChI is InChI=1S/C24H24N4O3/c1-16-12-23(31)28(15-22(30)26-21-9-5-8-19(13-21)17(2)29)24(25-16)27-11-10-18-6-3-4-7-20(18)14-27/h3-9,12-13H,10-11,14-15H2,1-2H3,(H,26,30). The molecule has 0 saturated carbocycles. The van der Waals surface area contributed by atoms with Gasteiger partial charge < -0.3 is 10.2 Å². The second-order valence-electron chi connectivity index (χ2n) is 7.75. The van der Waals surface area contributed by atoms with Crippen LogP contribution in [0.1, 0.15) is 34.1 Å². The van der Waals surface area contributed by atoms with Gasteiger partial charge in [0.15, 0.2) is 5.78 Å². The molecular weight excluding hydrogens is 392 g/mol. The van der Waals surface area contributed by atoms with Crippen LogP contribution in [0.2, 0.25) is 0 Å². The number of carbonyl (C=O) groups excluding carboxylic acids is 2. The quantitative estimate of drug-likeness (QED) is 0.647. The van der Waals surface area contributed by atoms with E-state index in [1.165, 1.54) is 28.7 Å². The van der Waals surface area contributed by atoms with Crippen LogP contribution in [0, 0.1) is 6.92 Å². The lowest BCUT2D eigenvalue weighted by Crippen LogP contribution is -2.38. The number of ketones is 1. The van der Waals surface area contributed by atoms with E-state index in [1.54, 1.807) is 31.2 Å². The Kier molecular flexibility index (Phi) is 5.66. The largest absolute Gasteiger partial charge is 0.337 e. The molecule has 31 heavy (non-hydrogen) atoms. The van der Waals surface area contributed by atoms with Gasteiger partial charge in [0, 0.05) is 36.1 Å². The van der Waals surface area contributed by atoms with Gasteiger partial charge in [-0.3, -0.25) is 19.0 Å². The molecule has 1 N–H and O–H groups in total. The van der Waals surface area contributed by atoms with E-state index < -0.39 is 0 Å². The molecule has 0 atom stereocenters. The predicted octanol–water partition coefficient (Wildman–Crippen LogP) is 2.96. The van der Waals surface area contributed by atoms with Crippen LogP contribution in [-0.4, -0.2) is 27.8 Å². The lowest BCUT2D eigenvalue weighted by atomic mass is 10.0. The molecule has 1 aromatic heterocycles. The number of rotatable bonds is 5. The number of nitrogens with one attached hydrogen (secondary N) is 1. The first-order chi connectivity index (χ1) is 14.9. The lowest BCUT2D eigenvalue weighted by Gasteiger charge is -2.31. The van der Waals surface area contributed by atoms with Gasteiger partial charge in [0.2, 0.25) is 11.9 Å². The molecule has 0 saturated heterocycles. The zero-order chi connectivity index (χ0) is 22.0. The topological polar surface area (TPSA) is 84.3 Å². The Morgan fingerprint density at radius 1 is 1.06 bits per heavy atom. The van der Waals surface area contributed by atoms with Gasteiger partial charge in [-0.15, -0.1) is 0 Å². The van der Waals surface area contributed by atoms with Crippen molar-refractivity contribution in [3.63, 3.8) is 0 Å². The van der Waals surface area contributed by atoms with Gasteiger partial charge in [-0.25, -0.2) is 4.98 Å². The fourth-order valence-corrected chi connectivity index (χ4v) is 3.82. The van der Waals surface area contributed by atoms with Gasteiger partial charge in [0.25, 0.3) is 5.56 Å². The number of hydrogen-bond acceptors (Lipinski definition) is 5. The van der Waals surface area contributed by atoms with Crippen LogP contribution in [0.5, 0.6) is 0 Å². The number of benzene rings is 2. The third-order valence-corrected chi connectivity index (χ3v) is 5.38. The molecule has 1 aliphatic rings. The molecule has 0 radical (unpaired) electrons. The maximum Gasteiger partial charge on any atom is 0.255 e. The Labute approximate surface area is 180 Å². The minimum absolute atomic E-state index is 0.0808. The molecule has 1 aliphatic heterocycles. The van der Waals surface area contributed by atoms with Crippen LogP contribution in [0.3, 0.4) is 0 Å². The number of aryl methyl sites for hydroxylation is 1. The third-order valence-electron chi connectivity index (χ3n) is 5.38. The van der Waals surface area contributed by atoms with E-state index in [0.717, 1.165) is 13.0 Å². The summed E-state index contributed by atoms with van der Waals surface area (Å²) in [7, 11) is 0. The number of hydrogen-bond donors (Lipinski definition) is 1. The number of Topliss-reactive ketones (excluding diaryl/α,β-unsaturated/α-hetero) is 1. The summed E-state index contributed by atoms with van der Waals surface area (Å²) in [4.78, 5) is 43.7. The molecule has 158 valence electrons. The number of aromatic nitrogens is 2. The average molecular weight is 416 g/mol. The van der Waals surface area contributed by atoms with Crippen LogP contribution in [-0.2, 0) is 24.3 Å². The van der Waals surface area contributed by atoms with Gasteiger partial charge in [0.1, 0.15) is 6.54 Å². The minimum atomic E-state index is -0.355. The zero-order valence-corrected chi connectivity index (χ0v) is 17.6. The normalized spacial score (nSPS) is 12.9. The summed E-state index contributed by atoms with van der Waals surface area (Å²) in [5, 5.41) is 2.78. The summed E-state index contributed by atoms with van der Waals surface area (Å²) in [5.41, 5.74) is 3.86. The maximum absolute atomic E-state index is 12.8. The van der Waals surface area contributed by atoms with E-state index in [2.05, 4.69) is 22.4 Å². The van der Waals surface area contributed by atoms with Crippen LogP contribution in [0.4, 0.5) is 11.6 Å². The monoisotopic (exact) mass is 416 g/mol. The minimum Gasteiger partial charge on any atom is -0.337 e. The molecule has 2 aromatic carbocycles. The van der Waals surface area contributed by atoms with E-state index in [-0.39, 0.29) is 23.8 Å². The second kappa shape index (κ2) is 8.55. The average Bonchev–Trinajstić information content (AvgIpc) is 2.75. The van der Waals surface area contributed by atoms with Crippen molar-refractivity contribution in [3.05, 3.63) is 87.3 Å². The Morgan fingerprint density at radius 2 is 1.84 bits per heavy atom. The van der Waals surface area contributed by atoms with Gasteiger partial charge in [-0.05, 0) is 43.5 Å². The number of fused-ring (bicyclic) bond motifs is 1. The van der Waals surface area contributed by atoms with E-state index >= 15 is 0 Å². The third kappa shape index (κ3) is 4.55. The van der Waals surface area contributed by atoms with Gasteiger partial charge in [0.05, 0.1) is 0 Å². The first kappa shape index (κ1) is 20.5. The summed E-state index contributed by atoms with van der Waals surface area (Å²) in [6.45, 7) is 4.44. The molecule has 0 unspecified atom stereocenters. The number of anilines is 2. The molecule has 0 aliphatic carbocycles. The molecule has 1 amide bonds. The van der Waals surface area contributed by atoms with Crippen molar-refractivity contribution < 1.29 is 9.59 Å². The molecule has 3 aromatic rings. The zero-order valence-electron chi connectivity index (χ0n) is 17.6. The van der Waals surface area contributed by atoms with Gasteiger partial charge >= 0.3 is 0 Å². The highest BCUT2D eigenvalue weighted by Gasteiger charge is 2.22. The molecule has 0 fully saturated rings. The smallest absolute Gasteiger partial charge is 0.255 e. The Morgan fingerprint density at radius 3 is 2.61 bits per heavy atom. The van der Waals surface area contributed by atoms with Crippen molar-refractivity contribution in [1.82, 2.24) is 9.55 Å². The predicted molar refractivity (Wildman–Crippen MR) is 120 cm³/mol. The van der Waals surface area contributed by atoms with E-state index in [1.807, 2.05) is 17.0 Å². The molecule has 7 heteroatoms. The van der Waals surface area contributed by atoms with Crippen LogP contribution in [0.15, 0.2) is 59.4 Å². The van der Waals surface area contributed by atoms with Gasteiger partial charge in [-0.2, -0.15) is 0 Å².